The lowest BCUT2D eigenvalue weighted by Crippen LogP contribution is -2.36. The molecule has 0 unspecified atom stereocenters. The largest absolute Gasteiger partial charge is 0.434 e. The van der Waals surface area contributed by atoms with Crippen LogP contribution < -0.4 is 10.6 Å². The number of carbonyl (C=O) groups is 1. The van der Waals surface area contributed by atoms with Gasteiger partial charge >= 0.3 is 12.2 Å². The minimum absolute atomic E-state index is 0.212. The van der Waals surface area contributed by atoms with E-state index in [1.807, 2.05) is 6.07 Å². The van der Waals surface area contributed by atoms with Crippen LogP contribution >= 0.6 is 11.3 Å². The Morgan fingerprint density at radius 3 is 2.77 bits per heavy atom. The summed E-state index contributed by atoms with van der Waals surface area (Å²) >= 11 is 0.927. The fraction of sp³-hybridized carbons (Fsp3) is 0.308. The number of thiazole rings is 1. The summed E-state index contributed by atoms with van der Waals surface area (Å²) < 4.78 is 37.1. The molecule has 0 spiro atoms. The zero-order valence-corrected chi connectivity index (χ0v) is 12.2. The first-order valence-corrected chi connectivity index (χ1v) is 7.25. The number of hydrogen-bond acceptors (Lipinski definition) is 4. The van der Waals surface area contributed by atoms with Crippen LogP contribution in [-0.2, 0) is 19.1 Å². The molecule has 22 heavy (non-hydrogen) atoms. The van der Waals surface area contributed by atoms with E-state index in [-0.39, 0.29) is 13.0 Å². The third-order valence-electron chi connectivity index (χ3n) is 2.64. The first kappa shape index (κ1) is 16.2. The topological polar surface area (TPSA) is 66.9 Å². The second kappa shape index (κ2) is 7.21. The summed E-state index contributed by atoms with van der Waals surface area (Å²) in [6, 6.07) is 3.19. The van der Waals surface area contributed by atoms with Crippen molar-refractivity contribution in [3.8, 4) is 0 Å². The van der Waals surface area contributed by atoms with Gasteiger partial charge < -0.3 is 10.6 Å². The number of nitrogens with zero attached hydrogens (tertiary/aromatic N) is 2. The van der Waals surface area contributed by atoms with E-state index in [9.17, 15) is 18.0 Å². The van der Waals surface area contributed by atoms with Gasteiger partial charge in [0.25, 0.3) is 0 Å². The van der Waals surface area contributed by atoms with E-state index in [0.29, 0.717) is 11.6 Å². The number of pyridine rings is 1. The molecule has 0 bridgehead atoms. The normalized spacial score (nSPS) is 11.2. The van der Waals surface area contributed by atoms with Crippen molar-refractivity contribution in [3.05, 3.63) is 46.2 Å². The van der Waals surface area contributed by atoms with Gasteiger partial charge in [-0.1, -0.05) is 6.07 Å². The van der Waals surface area contributed by atoms with Gasteiger partial charge in [0.05, 0.1) is 5.01 Å². The Hall–Kier alpha value is -2.16. The van der Waals surface area contributed by atoms with Gasteiger partial charge in [0.15, 0.2) is 5.69 Å². The number of urea groups is 1. The number of rotatable bonds is 5. The van der Waals surface area contributed by atoms with Gasteiger partial charge in [-0.05, 0) is 11.6 Å². The van der Waals surface area contributed by atoms with E-state index >= 15 is 0 Å². The van der Waals surface area contributed by atoms with Crippen LogP contribution in [0.15, 0.2) is 29.9 Å². The molecule has 0 aromatic carbocycles. The molecule has 9 heteroatoms. The van der Waals surface area contributed by atoms with Crippen molar-refractivity contribution < 1.29 is 18.0 Å². The quantitative estimate of drug-likeness (QED) is 0.885. The van der Waals surface area contributed by atoms with Crippen molar-refractivity contribution in [2.45, 2.75) is 19.1 Å². The summed E-state index contributed by atoms with van der Waals surface area (Å²) in [6.07, 6.45) is -0.911. The summed E-state index contributed by atoms with van der Waals surface area (Å²) in [4.78, 5) is 18.9. The average molecular weight is 330 g/mol. The SMILES string of the molecule is O=C(NCCc1nc(C(F)(F)F)cs1)NCc1cccnc1. The molecule has 0 aliphatic carbocycles. The van der Waals surface area contributed by atoms with Crippen LogP contribution in [0.5, 0.6) is 0 Å². The van der Waals surface area contributed by atoms with Crippen LogP contribution in [0.25, 0.3) is 0 Å². The van der Waals surface area contributed by atoms with Crippen LogP contribution in [0, 0.1) is 0 Å². The molecule has 2 rings (SSSR count). The minimum Gasteiger partial charge on any atom is -0.338 e. The molecule has 0 aliphatic rings. The highest BCUT2D eigenvalue weighted by molar-refractivity contribution is 7.09. The highest BCUT2D eigenvalue weighted by Gasteiger charge is 2.33. The molecule has 0 radical (unpaired) electrons. The summed E-state index contributed by atoms with van der Waals surface area (Å²) in [6.45, 7) is 0.541. The predicted octanol–water partition coefficient (Wildman–Crippen LogP) is 2.60. The van der Waals surface area contributed by atoms with Gasteiger partial charge in [0.1, 0.15) is 0 Å². The molecule has 5 nitrogen and oxygen atoms in total. The van der Waals surface area contributed by atoms with Crippen molar-refractivity contribution in [2.24, 2.45) is 0 Å². The Morgan fingerprint density at radius 2 is 2.14 bits per heavy atom. The molecule has 0 atom stereocenters. The second-order valence-corrected chi connectivity index (χ2v) is 5.29. The van der Waals surface area contributed by atoms with E-state index in [1.54, 1.807) is 18.5 Å². The molecule has 2 heterocycles. The van der Waals surface area contributed by atoms with Crippen molar-refractivity contribution in [2.75, 3.05) is 6.54 Å². The summed E-state index contributed by atoms with van der Waals surface area (Å²) in [7, 11) is 0. The second-order valence-electron chi connectivity index (χ2n) is 4.34. The fourth-order valence-electron chi connectivity index (χ4n) is 1.59. The van der Waals surface area contributed by atoms with Crippen LogP contribution in [0.2, 0.25) is 0 Å². The van der Waals surface area contributed by atoms with Gasteiger partial charge in [0, 0.05) is 37.3 Å². The van der Waals surface area contributed by atoms with Gasteiger partial charge in [-0.2, -0.15) is 13.2 Å². The van der Waals surface area contributed by atoms with E-state index in [0.717, 1.165) is 22.3 Å². The van der Waals surface area contributed by atoms with E-state index in [2.05, 4.69) is 20.6 Å². The molecule has 0 fully saturated rings. The Kier molecular flexibility index (Phi) is 5.31. The fourth-order valence-corrected chi connectivity index (χ4v) is 2.39. The Labute approximate surface area is 128 Å². The minimum atomic E-state index is -4.43. The van der Waals surface area contributed by atoms with E-state index in [4.69, 9.17) is 0 Å². The first-order chi connectivity index (χ1) is 10.4. The van der Waals surface area contributed by atoms with Gasteiger partial charge in [-0.3, -0.25) is 4.98 Å². The lowest BCUT2D eigenvalue weighted by molar-refractivity contribution is -0.140. The summed E-state index contributed by atoms with van der Waals surface area (Å²) in [5.41, 5.74) is -0.0408. The lowest BCUT2D eigenvalue weighted by atomic mass is 10.3. The van der Waals surface area contributed by atoms with Crippen LogP contribution in [0.3, 0.4) is 0 Å². The maximum absolute atomic E-state index is 12.4. The number of hydrogen-bond donors (Lipinski definition) is 2. The van der Waals surface area contributed by atoms with Crippen LogP contribution in [-0.4, -0.2) is 22.5 Å². The molecule has 118 valence electrons. The number of nitrogens with one attached hydrogen (secondary N) is 2. The number of carbonyl (C=O) groups excluding carboxylic acids is 1. The molecular weight excluding hydrogens is 317 g/mol. The Balaban J connectivity index is 1.70. The molecule has 0 saturated carbocycles. The number of amides is 2. The standard InChI is InChI=1S/C13H13F3N4OS/c14-13(15,16)10-8-22-11(20-10)3-5-18-12(21)19-7-9-2-1-4-17-6-9/h1-2,4,6,8H,3,5,7H2,(H2,18,19,21). The van der Waals surface area contributed by atoms with E-state index < -0.39 is 17.9 Å². The number of alkyl halides is 3. The number of aromatic nitrogens is 2. The first-order valence-electron chi connectivity index (χ1n) is 6.37. The smallest absolute Gasteiger partial charge is 0.338 e. The molecular formula is C13H13F3N4OS. The van der Waals surface area contributed by atoms with Gasteiger partial charge in [-0.25, -0.2) is 9.78 Å². The highest BCUT2D eigenvalue weighted by Crippen LogP contribution is 2.29. The third-order valence-corrected chi connectivity index (χ3v) is 3.55. The van der Waals surface area contributed by atoms with Crippen LogP contribution in [0.1, 0.15) is 16.3 Å². The Bertz CT molecular complexity index is 615. The van der Waals surface area contributed by atoms with Crippen molar-refractivity contribution in [3.63, 3.8) is 0 Å². The predicted molar refractivity (Wildman–Crippen MR) is 75.3 cm³/mol. The zero-order valence-electron chi connectivity index (χ0n) is 11.4. The monoisotopic (exact) mass is 330 g/mol. The van der Waals surface area contributed by atoms with Crippen LogP contribution in [0.4, 0.5) is 18.0 Å². The third kappa shape index (κ3) is 4.99. The Morgan fingerprint density at radius 1 is 1.32 bits per heavy atom. The van der Waals surface area contributed by atoms with E-state index in [1.165, 1.54) is 0 Å². The van der Waals surface area contributed by atoms with Crippen molar-refractivity contribution >= 4 is 17.4 Å². The summed E-state index contributed by atoms with van der Waals surface area (Å²) in [5.74, 6) is 0. The number of halogens is 3. The molecule has 2 amide bonds. The van der Waals surface area contributed by atoms with Crippen molar-refractivity contribution in [1.29, 1.82) is 0 Å². The zero-order chi connectivity index (χ0) is 16.0. The highest BCUT2D eigenvalue weighted by atomic mass is 32.1. The molecule has 2 aromatic rings. The lowest BCUT2D eigenvalue weighted by Gasteiger charge is -2.06. The maximum Gasteiger partial charge on any atom is 0.434 e. The van der Waals surface area contributed by atoms with Crippen molar-refractivity contribution in [1.82, 2.24) is 20.6 Å². The molecule has 2 aromatic heterocycles. The average Bonchev–Trinajstić information content (AvgIpc) is 2.95. The molecule has 0 aliphatic heterocycles. The molecule has 0 saturated heterocycles. The van der Waals surface area contributed by atoms with Gasteiger partial charge in [0.2, 0.25) is 0 Å². The maximum atomic E-state index is 12.4. The summed E-state index contributed by atoms with van der Waals surface area (Å²) in [5, 5.41) is 6.50. The van der Waals surface area contributed by atoms with Gasteiger partial charge in [-0.15, -0.1) is 11.3 Å². The molecule has 2 N–H and O–H groups in total.